The molecule has 2 nitrogen and oxygen atoms in total. The van der Waals surface area contributed by atoms with Gasteiger partial charge in [0.05, 0.1) is 10.2 Å². The lowest BCUT2D eigenvalue weighted by atomic mass is 10.2. The maximum absolute atomic E-state index is 11.1. The topological polar surface area (TPSA) is 30.0 Å². The van der Waals surface area contributed by atoms with Gasteiger partial charge in [0.2, 0.25) is 0 Å². The average Bonchev–Trinajstić information content (AvgIpc) is 2.82. The molecule has 0 aliphatic rings. The summed E-state index contributed by atoms with van der Waals surface area (Å²) >= 11 is 7.01. The van der Waals surface area contributed by atoms with Gasteiger partial charge in [0.15, 0.2) is 0 Å². The minimum Gasteiger partial charge on any atom is -0.276 e. The molecule has 1 radical (unpaired) electrons. The van der Waals surface area contributed by atoms with E-state index in [1.165, 1.54) is 0 Å². The lowest BCUT2D eigenvalue weighted by Gasteiger charge is -1.91. The minimum absolute atomic E-state index is 0.443. The molecule has 0 saturated heterocycles. The number of nitrogens with zero attached hydrogens (tertiary/aromatic N) is 1. The molecule has 18 heavy (non-hydrogen) atoms. The Kier molecular flexibility index (Phi) is 2.86. The van der Waals surface area contributed by atoms with E-state index in [-0.39, 0.29) is 0 Å². The van der Waals surface area contributed by atoms with Gasteiger partial charge in [-0.25, -0.2) is 4.98 Å². The van der Waals surface area contributed by atoms with Crippen LogP contribution < -0.4 is 0 Å². The van der Waals surface area contributed by atoms with E-state index in [1.807, 2.05) is 30.3 Å². The zero-order valence-electron chi connectivity index (χ0n) is 9.18. The van der Waals surface area contributed by atoms with Crippen LogP contribution in [0.25, 0.3) is 20.8 Å². The lowest BCUT2D eigenvalue weighted by molar-refractivity contribution is 0.108. The zero-order chi connectivity index (χ0) is 12.5. The molecule has 0 spiro atoms. The third-order valence-electron chi connectivity index (χ3n) is 2.58. The van der Waals surface area contributed by atoms with Crippen molar-refractivity contribution in [2.75, 3.05) is 0 Å². The van der Waals surface area contributed by atoms with Gasteiger partial charge in [0, 0.05) is 11.1 Å². The van der Waals surface area contributed by atoms with Crippen molar-refractivity contribution in [3.63, 3.8) is 0 Å². The van der Waals surface area contributed by atoms with E-state index in [9.17, 15) is 4.79 Å². The Morgan fingerprint density at radius 1 is 1.22 bits per heavy atom. The van der Waals surface area contributed by atoms with Gasteiger partial charge in [-0.2, -0.15) is 0 Å². The van der Waals surface area contributed by atoms with E-state index < -0.39 is 5.24 Å². The van der Waals surface area contributed by atoms with E-state index in [0.29, 0.717) is 5.56 Å². The quantitative estimate of drug-likeness (QED) is 0.656. The van der Waals surface area contributed by atoms with Gasteiger partial charge in [0.1, 0.15) is 5.01 Å². The Balaban J connectivity index is 2.14. The van der Waals surface area contributed by atoms with E-state index in [0.717, 1.165) is 20.8 Å². The third-order valence-corrected chi connectivity index (χ3v) is 3.87. The van der Waals surface area contributed by atoms with Crippen molar-refractivity contribution in [1.29, 1.82) is 0 Å². The van der Waals surface area contributed by atoms with Crippen LogP contribution in [0.3, 0.4) is 0 Å². The van der Waals surface area contributed by atoms with Crippen LogP contribution in [0.2, 0.25) is 0 Å². The number of benzene rings is 2. The molecule has 1 heterocycles. The lowest BCUT2D eigenvalue weighted by Crippen LogP contribution is -1.86. The normalized spacial score (nSPS) is 10.7. The Labute approximate surface area is 113 Å². The first-order valence-corrected chi connectivity index (χ1v) is 6.50. The van der Waals surface area contributed by atoms with Gasteiger partial charge in [0.25, 0.3) is 5.24 Å². The van der Waals surface area contributed by atoms with Crippen molar-refractivity contribution in [2.45, 2.75) is 0 Å². The Morgan fingerprint density at radius 3 is 2.72 bits per heavy atom. The highest BCUT2D eigenvalue weighted by molar-refractivity contribution is 7.21. The van der Waals surface area contributed by atoms with Gasteiger partial charge < -0.3 is 0 Å². The fourth-order valence-corrected chi connectivity index (χ4v) is 2.83. The van der Waals surface area contributed by atoms with Crippen molar-refractivity contribution >= 4 is 38.4 Å². The van der Waals surface area contributed by atoms with Crippen LogP contribution in [0.5, 0.6) is 0 Å². The second-order valence-corrected chi connectivity index (χ2v) is 5.14. The summed E-state index contributed by atoms with van der Waals surface area (Å²) in [6.45, 7) is 0. The van der Waals surface area contributed by atoms with Crippen LogP contribution in [0.15, 0.2) is 42.5 Å². The zero-order valence-corrected chi connectivity index (χ0v) is 10.8. The summed E-state index contributed by atoms with van der Waals surface area (Å²) in [5, 5.41) is 0.485. The van der Waals surface area contributed by atoms with Crippen LogP contribution in [0, 0.1) is 6.07 Å². The van der Waals surface area contributed by atoms with Crippen molar-refractivity contribution in [3.8, 4) is 10.6 Å². The average molecular weight is 273 g/mol. The largest absolute Gasteiger partial charge is 0.276 e. The molecule has 0 unspecified atom stereocenters. The predicted molar refractivity (Wildman–Crippen MR) is 74.1 cm³/mol. The molecule has 0 fully saturated rings. The van der Waals surface area contributed by atoms with Crippen LogP contribution in [-0.2, 0) is 0 Å². The second-order valence-electron chi connectivity index (χ2n) is 3.76. The Bertz CT molecular complexity index is 721. The minimum atomic E-state index is -0.443. The van der Waals surface area contributed by atoms with Gasteiger partial charge >= 0.3 is 0 Å². The number of hydrogen-bond donors (Lipinski definition) is 0. The van der Waals surface area contributed by atoms with Crippen molar-refractivity contribution in [1.82, 2.24) is 4.98 Å². The molecule has 2 aromatic carbocycles. The maximum Gasteiger partial charge on any atom is 0.252 e. The molecular weight excluding hydrogens is 266 g/mol. The summed E-state index contributed by atoms with van der Waals surface area (Å²) in [6, 6.07) is 15.9. The van der Waals surface area contributed by atoms with Crippen LogP contribution in [0.4, 0.5) is 0 Å². The Hall–Kier alpha value is -1.71. The van der Waals surface area contributed by atoms with Crippen molar-refractivity contribution < 1.29 is 4.79 Å². The molecule has 0 atom stereocenters. The molecule has 0 N–H and O–H groups in total. The monoisotopic (exact) mass is 272 g/mol. The standard InChI is InChI=1S/C14H7ClNOS/c15-13(17)10-6-7-11-12(8-10)18-14(16-11)9-4-2-1-3-5-9/h2-8H. The number of rotatable bonds is 2. The molecule has 4 heteroatoms. The molecule has 0 aliphatic heterocycles. The van der Waals surface area contributed by atoms with E-state index >= 15 is 0 Å². The summed E-state index contributed by atoms with van der Waals surface area (Å²) in [5.74, 6) is 0. The van der Waals surface area contributed by atoms with Crippen LogP contribution in [-0.4, -0.2) is 10.2 Å². The number of aromatic nitrogens is 1. The summed E-state index contributed by atoms with van der Waals surface area (Å²) in [4.78, 5) is 15.6. The van der Waals surface area contributed by atoms with Crippen LogP contribution in [0.1, 0.15) is 10.4 Å². The summed E-state index contributed by atoms with van der Waals surface area (Å²) in [7, 11) is 0. The van der Waals surface area contributed by atoms with E-state index in [2.05, 4.69) is 11.1 Å². The molecule has 3 aromatic rings. The molecule has 0 bridgehead atoms. The number of carbonyl (C=O) groups is 1. The predicted octanol–water partition coefficient (Wildman–Crippen LogP) is 4.14. The van der Waals surface area contributed by atoms with Gasteiger partial charge in [-0.05, 0) is 35.9 Å². The summed E-state index contributed by atoms with van der Waals surface area (Å²) in [5.41, 5.74) is 2.43. The van der Waals surface area contributed by atoms with Gasteiger partial charge in [-0.15, -0.1) is 11.3 Å². The highest BCUT2D eigenvalue weighted by Gasteiger charge is 2.08. The number of carbonyl (C=O) groups excluding carboxylic acids is 1. The number of halogens is 1. The van der Waals surface area contributed by atoms with Crippen molar-refractivity contribution in [3.05, 3.63) is 54.1 Å². The Morgan fingerprint density at radius 2 is 2.00 bits per heavy atom. The molecular formula is C14H7ClNOS. The number of fused-ring (bicyclic) bond motifs is 1. The third kappa shape index (κ3) is 2.03. The summed E-state index contributed by atoms with van der Waals surface area (Å²) < 4.78 is 0.962. The molecule has 0 saturated carbocycles. The highest BCUT2D eigenvalue weighted by atomic mass is 35.5. The van der Waals surface area contributed by atoms with Gasteiger partial charge in [-0.1, -0.05) is 24.3 Å². The second kappa shape index (κ2) is 4.52. The van der Waals surface area contributed by atoms with Crippen LogP contribution >= 0.6 is 22.9 Å². The molecule has 3 rings (SSSR count). The van der Waals surface area contributed by atoms with Crippen molar-refractivity contribution in [2.24, 2.45) is 0 Å². The first-order valence-electron chi connectivity index (χ1n) is 5.31. The highest BCUT2D eigenvalue weighted by Crippen LogP contribution is 2.30. The maximum atomic E-state index is 11.1. The summed E-state index contributed by atoms with van der Waals surface area (Å²) in [6.07, 6.45) is 0. The fraction of sp³-hybridized carbons (Fsp3) is 0. The fourth-order valence-electron chi connectivity index (χ4n) is 1.70. The SMILES string of the molecule is O=C(Cl)c1ccc2nc(-c3cc[c]cc3)sc2c1. The molecule has 87 valence electrons. The smallest absolute Gasteiger partial charge is 0.252 e. The number of thiazole rings is 1. The van der Waals surface area contributed by atoms with Gasteiger partial charge in [-0.3, -0.25) is 4.79 Å². The molecule has 1 aromatic heterocycles. The molecule has 0 aliphatic carbocycles. The van der Waals surface area contributed by atoms with E-state index in [1.54, 1.807) is 23.5 Å². The first kappa shape index (κ1) is 11.4. The van der Waals surface area contributed by atoms with E-state index in [4.69, 9.17) is 11.6 Å². The first-order chi connectivity index (χ1) is 8.74. The number of hydrogen-bond acceptors (Lipinski definition) is 3. The molecule has 0 amide bonds.